The van der Waals surface area contributed by atoms with Crippen LogP contribution in [0, 0.1) is 0 Å². The summed E-state index contributed by atoms with van der Waals surface area (Å²) in [5.41, 5.74) is 0. The van der Waals surface area contributed by atoms with Crippen LogP contribution in [0.1, 0.15) is 0 Å². The standard InChI is InChI=1S/C10H18O9/c11-9(12)18-7-5-16-3-1-15-2-4-17-6-8-19-10(13)14/h1-8H2,(H,11,12)(H,13,14). The molecule has 2 N–H and O–H groups in total. The van der Waals surface area contributed by atoms with Crippen molar-refractivity contribution in [3.63, 3.8) is 0 Å². The van der Waals surface area contributed by atoms with Crippen molar-refractivity contribution >= 4 is 12.3 Å². The van der Waals surface area contributed by atoms with E-state index in [2.05, 4.69) is 9.47 Å². The molecule has 0 bridgehead atoms. The second-order valence-electron chi connectivity index (χ2n) is 3.07. The fourth-order valence-electron chi connectivity index (χ4n) is 0.918. The predicted octanol–water partition coefficient (Wildman–Crippen LogP) is 0.425. The lowest BCUT2D eigenvalue weighted by atomic mass is 10.7. The molecule has 0 aliphatic heterocycles. The fourth-order valence-corrected chi connectivity index (χ4v) is 0.918. The van der Waals surface area contributed by atoms with E-state index >= 15 is 0 Å². The Morgan fingerprint density at radius 2 is 0.842 bits per heavy atom. The molecule has 0 amide bonds. The molecule has 9 heteroatoms. The highest BCUT2D eigenvalue weighted by Crippen LogP contribution is 1.84. The zero-order chi connectivity index (χ0) is 14.3. The molecule has 0 aromatic heterocycles. The van der Waals surface area contributed by atoms with E-state index in [1.165, 1.54) is 0 Å². The third-order valence-electron chi connectivity index (χ3n) is 1.65. The Hall–Kier alpha value is -1.58. The Morgan fingerprint density at radius 3 is 1.11 bits per heavy atom. The molecule has 0 rings (SSSR count). The van der Waals surface area contributed by atoms with Crippen LogP contribution in [0.2, 0.25) is 0 Å². The van der Waals surface area contributed by atoms with Crippen LogP contribution in [-0.2, 0) is 23.7 Å². The third-order valence-corrected chi connectivity index (χ3v) is 1.65. The number of carboxylic acid groups (broad SMARTS) is 2. The molecule has 0 aromatic carbocycles. The normalized spacial score (nSPS) is 10.1. The highest BCUT2D eigenvalue weighted by atomic mass is 16.7. The van der Waals surface area contributed by atoms with E-state index in [0.717, 1.165) is 0 Å². The molecule has 0 atom stereocenters. The van der Waals surface area contributed by atoms with E-state index in [0.29, 0.717) is 26.4 Å². The lowest BCUT2D eigenvalue weighted by Crippen LogP contribution is -2.14. The molecular weight excluding hydrogens is 264 g/mol. The van der Waals surface area contributed by atoms with Crippen molar-refractivity contribution in [2.24, 2.45) is 0 Å². The molecule has 0 unspecified atom stereocenters. The Labute approximate surface area is 110 Å². The zero-order valence-corrected chi connectivity index (χ0v) is 10.4. The summed E-state index contributed by atoms with van der Waals surface area (Å²) in [4.78, 5) is 19.9. The van der Waals surface area contributed by atoms with E-state index < -0.39 is 12.3 Å². The van der Waals surface area contributed by atoms with Gasteiger partial charge in [0.1, 0.15) is 13.2 Å². The van der Waals surface area contributed by atoms with Gasteiger partial charge in [0.2, 0.25) is 0 Å². The topological polar surface area (TPSA) is 121 Å². The molecule has 0 saturated carbocycles. The Kier molecular flexibility index (Phi) is 11.8. The van der Waals surface area contributed by atoms with Crippen LogP contribution >= 0.6 is 0 Å². The molecular formula is C10H18O9. The van der Waals surface area contributed by atoms with E-state index in [9.17, 15) is 9.59 Å². The predicted molar refractivity (Wildman–Crippen MR) is 60.4 cm³/mol. The summed E-state index contributed by atoms with van der Waals surface area (Å²) >= 11 is 0. The average Bonchev–Trinajstić information content (AvgIpc) is 2.34. The van der Waals surface area contributed by atoms with Gasteiger partial charge in [0.05, 0.1) is 39.6 Å². The van der Waals surface area contributed by atoms with Gasteiger partial charge in [-0.1, -0.05) is 0 Å². The zero-order valence-electron chi connectivity index (χ0n) is 10.4. The Morgan fingerprint density at radius 1 is 0.579 bits per heavy atom. The minimum absolute atomic E-state index is 0.0119. The molecule has 0 fully saturated rings. The monoisotopic (exact) mass is 282 g/mol. The number of ether oxygens (including phenoxy) is 5. The largest absolute Gasteiger partial charge is 0.505 e. The quantitative estimate of drug-likeness (QED) is 0.387. The van der Waals surface area contributed by atoms with Crippen LogP contribution in [0.25, 0.3) is 0 Å². The first-order chi connectivity index (χ1) is 9.13. The van der Waals surface area contributed by atoms with Crippen molar-refractivity contribution in [2.75, 3.05) is 52.9 Å². The van der Waals surface area contributed by atoms with Gasteiger partial charge in [0.25, 0.3) is 0 Å². The molecule has 0 aliphatic carbocycles. The molecule has 0 aromatic rings. The van der Waals surface area contributed by atoms with Crippen molar-refractivity contribution in [1.29, 1.82) is 0 Å². The first kappa shape index (κ1) is 17.4. The lowest BCUT2D eigenvalue weighted by molar-refractivity contribution is -0.00612. The summed E-state index contributed by atoms with van der Waals surface area (Å²) in [5, 5.41) is 16.3. The van der Waals surface area contributed by atoms with Gasteiger partial charge in [-0.15, -0.1) is 0 Å². The number of carbonyl (C=O) groups is 2. The second kappa shape index (κ2) is 12.9. The average molecular weight is 282 g/mol. The van der Waals surface area contributed by atoms with Crippen molar-refractivity contribution in [3.05, 3.63) is 0 Å². The molecule has 0 radical (unpaired) electrons. The van der Waals surface area contributed by atoms with Gasteiger partial charge >= 0.3 is 12.3 Å². The molecule has 112 valence electrons. The fraction of sp³-hybridized carbons (Fsp3) is 0.800. The van der Waals surface area contributed by atoms with Gasteiger partial charge in [-0.05, 0) is 0 Å². The maximum absolute atomic E-state index is 9.96. The second-order valence-corrected chi connectivity index (χ2v) is 3.07. The van der Waals surface area contributed by atoms with Gasteiger partial charge in [0, 0.05) is 0 Å². The molecule has 19 heavy (non-hydrogen) atoms. The number of rotatable bonds is 12. The van der Waals surface area contributed by atoms with Gasteiger partial charge < -0.3 is 33.9 Å². The van der Waals surface area contributed by atoms with Crippen LogP contribution in [0.5, 0.6) is 0 Å². The number of hydrogen-bond donors (Lipinski definition) is 2. The van der Waals surface area contributed by atoms with Crippen LogP contribution in [0.4, 0.5) is 9.59 Å². The van der Waals surface area contributed by atoms with Crippen molar-refractivity contribution in [1.82, 2.24) is 0 Å². The van der Waals surface area contributed by atoms with Crippen molar-refractivity contribution in [3.8, 4) is 0 Å². The molecule has 0 heterocycles. The molecule has 0 saturated heterocycles. The third kappa shape index (κ3) is 16.4. The SMILES string of the molecule is O=C(O)OCCOCCOCCOCCOC(=O)O. The summed E-state index contributed by atoms with van der Waals surface area (Å²) in [6.07, 6.45) is -2.66. The van der Waals surface area contributed by atoms with Crippen LogP contribution in [0.15, 0.2) is 0 Å². The summed E-state index contributed by atoms with van der Waals surface area (Å²) in [7, 11) is 0. The van der Waals surface area contributed by atoms with E-state index in [-0.39, 0.29) is 26.4 Å². The van der Waals surface area contributed by atoms with Gasteiger partial charge in [-0.3, -0.25) is 0 Å². The summed E-state index contributed by atoms with van der Waals surface area (Å²) in [6, 6.07) is 0. The van der Waals surface area contributed by atoms with E-state index in [1.54, 1.807) is 0 Å². The maximum atomic E-state index is 9.96. The first-order valence-electron chi connectivity index (χ1n) is 5.57. The van der Waals surface area contributed by atoms with Crippen LogP contribution < -0.4 is 0 Å². The maximum Gasteiger partial charge on any atom is 0.505 e. The minimum atomic E-state index is -1.33. The first-order valence-corrected chi connectivity index (χ1v) is 5.57. The molecule has 0 aliphatic rings. The molecule has 9 nitrogen and oxygen atoms in total. The minimum Gasteiger partial charge on any atom is -0.450 e. The highest BCUT2D eigenvalue weighted by molar-refractivity contribution is 5.56. The lowest BCUT2D eigenvalue weighted by Gasteiger charge is -2.06. The summed E-state index contributed by atoms with van der Waals surface area (Å²) < 4.78 is 23.6. The Balaban J connectivity index is 2.99. The van der Waals surface area contributed by atoms with Crippen LogP contribution in [-0.4, -0.2) is 75.4 Å². The highest BCUT2D eigenvalue weighted by Gasteiger charge is 1.97. The van der Waals surface area contributed by atoms with Gasteiger partial charge in [-0.25, -0.2) is 9.59 Å². The summed E-state index contributed by atoms with van der Waals surface area (Å²) in [5.74, 6) is 0. The van der Waals surface area contributed by atoms with E-state index in [1.807, 2.05) is 0 Å². The van der Waals surface area contributed by atoms with Crippen molar-refractivity contribution < 1.29 is 43.5 Å². The van der Waals surface area contributed by atoms with Crippen molar-refractivity contribution in [2.45, 2.75) is 0 Å². The smallest absolute Gasteiger partial charge is 0.450 e. The summed E-state index contributed by atoms with van der Waals surface area (Å²) in [6.45, 7) is 1.68. The van der Waals surface area contributed by atoms with Gasteiger partial charge in [0.15, 0.2) is 0 Å². The van der Waals surface area contributed by atoms with Crippen LogP contribution in [0.3, 0.4) is 0 Å². The molecule has 0 spiro atoms. The Bertz CT molecular complexity index is 219. The number of hydrogen-bond acceptors (Lipinski definition) is 7. The van der Waals surface area contributed by atoms with Gasteiger partial charge in [-0.2, -0.15) is 0 Å². The van der Waals surface area contributed by atoms with E-state index in [4.69, 9.17) is 24.4 Å².